The van der Waals surface area contributed by atoms with Crippen molar-refractivity contribution in [3.05, 3.63) is 82.4 Å². The number of allylic oxidation sites excluding steroid dienone is 1. The SMILES string of the molecule is CCOC(=O)C1=C(c2ccccc2)CC2CN(S(=O)(=O)c3ccc(C)cc3)CC2=C1C. The summed E-state index contributed by atoms with van der Waals surface area (Å²) in [6.07, 6.45) is 0.616. The molecule has 1 heterocycles. The molecule has 2 aromatic rings. The minimum atomic E-state index is -3.60. The minimum Gasteiger partial charge on any atom is -0.462 e. The number of hydrogen-bond donors (Lipinski definition) is 0. The molecule has 1 aliphatic carbocycles. The summed E-state index contributed by atoms with van der Waals surface area (Å²) in [5.41, 5.74) is 5.36. The first-order valence-electron chi connectivity index (χ1n) is 10.6. The molecule has 0 aromatic heterocycles. The number of fused-ring (bicyclic) bond motifs is 1. The molecule has 2 aromatic carbocycles. The molecule has 31 heavy (non-hydrogen) atoms. The lowest BCUT2D eigenvalue weighted by molar-refractivity contribution is -0.138. The number of sulfonamides is 1. The summed E-state index contributed by atoms with van der Waals surface area (Å²) in [6.45, 7) is 6.65. The lowest BCUT2D eigenvalue weighted by atomic mass is 9.78. The average Bonchev–Trinajstić information content (AvgIpc) is 3.20. The van der Waals surface area contributed by atoms with Crippen molar-refractivity contribution in [3.8, 4) is 0 Å². The molecule has 5 nitrogen and oxygen atoms in total. The highest BCUT2D eigenvalue weighted by atomic mass is 32.2. The second-order valence-corrected chi connectivity index (χ2v) is 10.0. The number of aryl methyl sites for hydroxylation is 1. The highest BCUT2D eigenvalue weighted by molar-refractivity contribution is 7.89. The molecule has 6 heteroatoms. The van der Waals surface area contributed by atoms with Crippen LogP contribution in [-0.4, -0.2) is 38.4 Å². The molecule has 1 aliphatic heterocycles. The molecule has 162 valence electrons. The molecule has 0 amide bonds. The van der Waals surface area contributed by atoms with Crippen LogP contribution in [0.25, 0.3) is 5.57 Å². The van der Waals surface area contributed by atoms with Crippen molar-refractivity contribution >= 4 is 21.6 Å². The zero-order valence-corrected chi connectivity index (χ0v) is 18.9. The van der Waals surface area contributed by atoms with E-state index in [4.69, 9.17) is 4.74 Å². The van der Waals surface area contributed by atoms with Crippen LogP contribution in [0.1, 0.15) is 31.4 Å². The third-order valence-corrected chi connectivity index (χ3v) is 7.96. The summed E-state index contributed by atoms with van der Waals surface area (Å²) < 4.78 is 33.4. The molecule has 0 saturated carbocycles. The van der Waals surface area contributed by atoms with Gasteiger partial charge in [0.15, 0.2) is 0 Å². The number of carbonyl (C=O) groups excluding carboxylic acids is 1. The predicted octanol–water partition coefficient (Wildman–Crippen LogP) is 4.35. The van der Waals surface area contributed by atoms with Gasteiger partial charge in [0.05, 0.1) is 17.1 Å². The number of carbonyl (C=O) groups is 1. The first-order valence-corrected chi connectivity index (χ1v) is 12.0. The maximum atomic E-state index is 13.3. The predicted molar refractivity (Wildman–Crippen MR) is 121 cm³/mol. The van der Waals surface area contributed by atoms with Crippen LogP contribution in [0.3, 0.4) is 0 Å². The van der Waals surface area contributed by atoms with Crippen LogP contribution in [-0.2, 0) is 19.6 Å². The number of nitrogens with zero attached hydrogens (tertiary/aromatic N) is 1. The maximum Gasteiger partial charge on any atom is 0.338 e. The van der Waals surface area contributed by atoms with Crippen molar-refractivity contribution in [1.82, 2.24) is 4.31 Å². The summed E-state index contributed by atoms with van der Waals surface area (Å²) in [5, 5.41) is 0. The van der Waals surface area contributed by atoms with E-state index in [2.05, 4.69) is 0 Å². The summed E-state index contributed by atoms with van der Waals surface area (Å²) in [4.78, 5) is 13.2. The van der Waals surface area contributed by atoms with Gasteiger partial charge >= 0.3 is 5.97 Å². The Labute approximate surface area is 184 Å². The first-order chi connectivity index (χ1) is 14.8. The van der Waals surface area contributed by atoms with Crippen LogP contribution in [0.4, 0.5) is 0 Å². The molecule has 4 rings (SSSR count). The van der Waals surface area contributed by atoms with E-state index in [1.165, 1.54) is 4.31 Å². The zero-order chi connectivity index (χ0) is 22.2. The Hall–Kier alpha value is -2.70. The Balaban J connectivity index is 1.72. The Bertz CT molecular complexity index is 1160. The van der Waals surface area contributed by atoms with Crippen molar-refractivity contribution in [2.45, 2.75) is 32.1 Å². The van der Waals surface area contributed by atoms with Crippen LogP contribution >= 0.6 is 0 Å². The van der Waals surface area contributed by atoms with Gasteiger partial charge in [0.2, 0.25) is 10.0 Å². The van der Waals surface area contributed by atoms with E-state index in [1.807, 2.05) is 56.3 Å². The van der Waals surface area contributed by atoms with Crippen molar-refractivity contribution in [1.29, 1.82) is 0 Å². The molecular formula is C25H27NO4S. The standard InChI is InChI=1S/C25H27NO4S/c1-4-30-25(27)24-18(3)23-16-26(31(28,29)21-12-10-17(2)11-13-21)15-20(23)14-22(24)19-8-6-5-7-9-19/h5-13,20H,4,14-16H2,1-3H3. The van der Waals surface area contributed by atoms with E-state index in [-0.39, 0.29) is 11.9 Å². The topological polar surface area (TPSA) is 63.7 Å². The third kappa shape index (κ3) is 3.98. The van der Waals surface area contributed by atoms with Crippen LogP contribution in [0.5, 0.6) is 0 Å². The quantitative estimate of drug-likeness (QED) is 0.653. The van der Waals surface area contributed by atoms with Crippen molar-refractivity contribution in [2.24, 2.45) is 5.92 Å². The van der Waals surface area contributed by atoms with Crippen LogP contribution in [0, 0.1) is 12.8 Å². The van der Waals surface area contributed by atoms with E-state index in [9.17, 15) is 13.2 Å². The Morgan fingerprint density at radius 3 is 2.39 bits per heavy atom. The Kier molecular flexibility index (Phi) is 5.86. The number of hydrogen-bond acceptors (Lipinski definition) is 4. The summed E-state index contributed by atoms with van der Waals surface area (Å²) in [5.74, 6) is -0.293. The normalized spacial score (nSPS) is 19.5. The number of ether oxygens (including phenoxy) is 1. The Morgan fingerprint density at radius 2 is 1.74 bits per heavy atom. The van der Waals surface area contributed by atoms with Crippen molar-refractivity contribution < 1.29 is 17.9 Å². The molecule has 1 unspecified atom stereocenters. The van der Waals surface area contributed by atoms with Gasteiger partial charge < -0.3 is 4.74 Å². The summed E-state index contributed by atoms with van der Waals surface area (Å²) in [7, 11) is -3.60. The minimum absolute atomic E-state index is 0.0496. The molecule has 0 radical (unpaired) electrons. The highest BCUT2D eigenvalue weighted by Crippen LogP contribution is 2.44. The van der Waals surface area contributed by atoms with E-state index in [0.717, 1.165) is 27.8 Å². The van der Waals surface area contributed by atoms with Crippen LogP contribution < -0.4 is 0 Å². The van der Waals surface area contributed by atoms with Gasteiger partial charge in [-0.2, -0.15) is 4.31 Å². The summed E-state index contributed by atoms with van der Waals surface area (Å²) >= 11 is 0. The summed E-state index contributed by atoms with van der Waals surface area (Å²) in [6, 6.07) is 16.8. The van der Waals surface area contributed by atoms with E-state index >= 15 is 0 Å². The Morgan fingerprint density at radius 1 is 1.06 bits per heavy atom. The fraction of sp³-hybridized carbons (Fsp3) is 0.320. The lowest BCUT2D eigenvalue weighted by Crippen LogP contribution is -2.29. The van der Waals surface area contributed by atoms with Gasteiger partial charge in [0.1, 0.15) is 0 Å². The average molecular weight is 438 g/mol. The second kappa shape index (κ2) is 8.44. The number of benzene rings is 2. The second-order valence-electron chi connectivity index (χ2n) is 8.10. The largest absolute Gasteiger partial charge is 0.462 e. The van der Waals surface area contributed by atoms with Crippen LogP contribution in [0.15, 0.2) is 76.2 Å². The lowest BCUT2D eigenvalue weighted by Gasteiger charge is -2.26. The molecule has 1 saturated heterocycles. The number of esters is 1. The molecule has 1 fully saturated rings. The van der Waals surface area contributed by atoms with Crippen LogP contribution in [0.2, 0.25) is 0 Å². The monoisotopic (exact) mass is 437 g/mol. The van der Waals surface area contributed by atoms with Crippen molar-refractivity contribution in [2.75, 3.05) is 19.7 Å². The van der Waals surface area contributed by atoms with E-state index in [1.54, 1.807) is 19.1 Å². The van der Waals surface area contributed by atoms with E-state index < -0.39 is 10.0 Å². The molecule has 2 aliphatic rings. The number of rotatable bonds is 5. The van der Waals surface area contributed by atoms with Gasteiger partial charge in [0, 0.05) is 13.1 Å². The van der Waals surface area contributed by atoms with E-state index in [0.29, 0.717) is 36.6 Å². The maximum absolute atomic E-state index is 13.3. The smallest absolute Gasteiger partial charge is 0.338 e. The van der Waals surface area contributed by atoms with Gasteiger partial charge in [0.25, 0.3) is 0 Å². The van der Waals surface area contributed by atoms with Crippen molar-refractivity contribution in [3.63, 3.8) is 0 Å². The molecule has 0 N–H and O–H groups in total. The van der Waals surface area contributed by atoms with Gasteiger partial charge in [-0.15, -0.1) is 0 Å². The van der Waals surface area contributed by atoms with Gasteiger partial charge in [-0.05, 0) is 67.5 Å². The third-order valence-electron chi connectivity index (χ3n) is 6.13. The van der Waals surface area contributed by atoms with Gasteiger partial charge in [-0.25, -0.2) is 13.2 Å². The first kappa shape index (κ1) is 21.5. The molecule has 0 bridgehead atoms. The fourth-order valence-electron chi connectivity index (χ4n) is 4.51. The fourth-order valence-corrected chi connectivity index (χ4v) is 5.97. The molecule has 1 atom stereocenters. The highest BCUT2D eigenvalue weighted by Gasteiger charge is 2.41. The zero-order valence-electron chi connectivity index (χ0n) is 18.1. The van der Waals surface area contributed by atoms with Gasteiger partial charge in [-0.3, -0.25) is 0 Å². The molecule has 0 spiro atoms. The van der Waals surface area contributed by atoms with Gasteiger partial charge in [-0.1, -0.05) is 48.0 Å². The molecular weight excluding hydrogens is 410 g/mol.